The lowest BCUT2D eigenvalue weighted by atomic mass is 10.0. The minimum Gasteiger partial charge on any atom is -0.350 e. The lowest BCUT2D eigenvalue weighted by Crippen LogP contribution is -2.31. The minimum absolute atomic E-state index is 0.234. The molecule has 0 saturated carbocycles. The summed E-state index contributed by atoms with van der Waals surface area (Å²) >= 11 is 3.44. The lowest BCUT2D eigenvalue weighted by molar-refractivity contribution is -0.137. The van der Waals surface area contributed by atoms with E-state index in [1.165, 1.54) is 4.90 Å². The second-order valence-corrected chi connectivity index (χ2v) is 7.85. The van der Waals surface area contributed by atoms with Crippen molar-refractivity contribution in [2.75, 3.05) is 5.32 Å². The molecule has 0 unspecified atom stereocenters. The summed E-state index contributed by atoms with van der Waals surface area (Å²) in [6.07, 6.45) is 0. The van der Waals surface area contributed by atoms with Crippen molar-refractivity contribution in [3.05, 3.63) is 106 Å². The molecule has 0 radical (unpaired) electrons. The molecule has 29 heavy (non-hydrogen) atoms. The van der Waals surface area contributed by atoms with E-state index < -0.39 is 0 Å². The van der Waals surface area contributed by atoms with Gasteiger partial charge in [0.2, 0.25) is 0 Å². The van der Waals surface area contributed by atoms with Crippen LogP contribution in [0.3, 0.4) is 0 Å². The highest BCUT2D eigenvalue weighted by Gasteiger charge is 2.39. The van der Waals surface area contributed by atoms with Gasteiger partial charge in [-0.3, -0.25) is 14.5 Å². The van der Waals surface area contributed by atoms with Crippen LogP contribution in [0, 0.1) is 6.92 Å². The van der Waals surface area contributed by atoms with Crippen LogP contribution < -0.4 is 5.32 Å². The highest BCUT2D eigenvalue weighted by molar-refractivity contribution is 9.10. The number of amides is 2. The minimum atomic E-state index is -0.325. The van der Waals surface area contributed by atoms with Crippen LogP contribution in [0.1, 0.15) is 16.7 Å². The summed E-state index contributed by atoms with van der Waals surface area (Å²) in [7, 11) is 0. The van der Waals surface area contributed by atoms with Crippen LogP contribution in [0.2, 0.25) is 0 Å². The average Bonchev–Trinajstić information content (AvgIpc) is 2.94. The number of nitrogens with one attached hydrogen (secondary N) is 1. The van der Waals surface area contributed by atoms with Crippen LogP contribution in [-0.4, -0.2) is 16.7 Å². The first-order valence-corrected chi connectivity index (χ1v) is 10.1. The SMILES string of the molecule is Cc1ccc(C2=C(Nc3cccc(Br)c3)C(=O)N(Cc3ccccc3)C2=O)cc1. The molecule has 0 fully saturated rings. The van der Waals surface area contributed by atoms with E-state index >= 15 is 0 Å². The summed E-state index contributed by atoms with van der Waals surface area (Å²) < 4.78 is 0.887. The molecule has 0 spiro atoms. The van der Waals surface area contributed by atoms with E-state index in [1.54, 1.807) is 0 Å². The largest absolute Gasteiger partial charge is 0.350 e. The number of carbonyl (C=O) groups is 2. The Bertz CT molecular complexity index is 1110. The zero-order valence-corrected chi connectivity index (χ0v) is 17.4. The molecule has 0 aliphatic carbocycles. The molecule has 3 aromatic carbocycles. The summed E-state index contributed by atoms with van der Waals surface area (Å²) in [5.74, 6) is -0.616. The summed E-state index contributed by atoms with van der Waals surface area (Å²) in [5.41, 5.74) is 4.15. The van der Waals surface area contributed by atoms with Crippen molar-refractivity contribution >= 4 is 39.0 Å². The maximum Gasteiger partial charge on any atom is 0.278 e. The van der Waals surface area contributed by atoms with E-state index in [4.69, 9.17) is 0 Å². The van der Waals surface area contributed by atoms with Gasteiger partial charge in [-0.2, -0.15) is 0 Å². The molecular weight excluding hydrogens is 428 g/mol. The van der Waals surface area contributed by atoms with Crippen molar-refractivity contribution in [1.29, 1.82) is 0 Å². The molecule has 144 valence electrons. The van der Waals surface area contributed by atoms with Gasteiger partial charge < -0.3 is 5.32 Å². The number of hydrogen-bond acceptors (Lipinski definition) is 3. The van der Waals surface area contributed by atoms with Gasteiger partial charge in [0.05, 0.1) is 12.1 Å². The second kappa shape index (κ2) is 8.05. The topological polar surface area (TPSA) is 49.4 Å². The normalized spacial score (nSPS) is 13.9. The Hall–Kier alpha value is -3.18. The molecule has 4 rings (SSSR count). The van der Waals surface area contributed by atoms with Crippen molar-refractivity contribution < 1.29 is 9.59 Å². The first-order valence-electron chi connectivity index (χ1n) is 9.27. The predicted molar refractivity (Wildman–Crippen MR) is 118 cm³/mol. The highest BCUT2D eigenvalue weighted by Crippen LogP contribution is 2.32. The third-order valence-corrected chi connectivity index (χ3v) is 5.28. The van der Waals surface area contributed by atoms with E-state index in [9.17, 15) is 9.59 Å². The lowest BCUT2D eigenvalue weighted by Gasteiger charge is -2.15. The maximum absolute atomic E-state index is 13.3. The van der Waals surface area contributed by atoms with Crippen molar-refractivity contribution in [1.82, 2.24) is 4.90 Å². The van der Waals surface area contributed by atoms with Gasteiger partial charge in [0, 0.05) is 10.2 Å². The van der Waals surface area contributed by atoms with Crippen molar-refractivity contribution in [2.24, 2.45) is 0 Å². The smallest absolute Gasteiger partial charge is 0.278 e. The Balaban J connectivity index is 1.75. The molecule has 0 atom stereocenters. The van der Waals surface area contributed by atoms with E-state index in [-0.39, 0.29) is 18.4 Å². The first-order chi connectivity index (χ1) is 14.0. The standard InChI is InChI=1S/C24H19BrN2O2/c1-16-10-12-18(13-11-16)21-22(26-20-9-5-8-19(25)14-20)24(29)27(23(21)28)15-17-6-3-2-4-7-17/h2-14,26H,15H2,1H3. The van der Waals surface area contributed by atoms with Gasteiger partial charge in [-0.05, 0) is 36.2 Å². The summed E-state index contributed by atoms with van der Waals surface area (Å²) in [6, 6.07) is 24.7. The second-order valence-electron chi connectivity index (χ2n) is 6.93. The van der Waals surface area contributed by atoms with Crippen LogP contribution in [-0.2, 0) is 16.1 Å². The van der Waals surface area contributed by atoms with E-state index in [0.29, 0.717) is 11.3 Å². The van der Waals surface area contributed by atoms with Crippen LogP contribution in [0.25, 0.3) is 5.57 Å². The average molecular weight is 447 g/mol. The Kier molecular flexibility index (Phi) is 5.32. The predicted octanol–water partition coefficient (Wildman–Crippen LogP) is 5.15. The number of anilines is 1. The molecule has 4 nitrogen and oxygen atoms in total. The number of aryl methyl sites for hydroxylation is 1. The van der Waals surface area contributed by atoms with E-state index in [2.05, 4.69) is 21.2 Å². The number of carbonyl (C=O) groups excluding carboxylic acids is 2. The molecule has 1 N–H and O–H groups in total. The summed E-state index contributed by atoms with van der Waals surface area (Å²) in [6.45, 7) is 2.22. The number of halogens is 1. The molecule has 1 aliphatic heterocycles. The number of imide groups is 1. The summed E-state index contributed by atoms with van der Waals surface area (Å²) in [5, 5.41) is 3.18. The molecule has 0 saturated heterocycles. The fourth-order valence-electron chi connectivity index (χ4n) is 3.30. The molecule has 5 heteroatoms. The Morgan fingerprint density at radius 2 is 1.59 bits per heavy atom. The summed E-state index contributed by atoms with van der Waals surface area (Å²) in [4.78, 5) is 27.8. The number of nitrogens with zero attached hydrogens (tertiary/aromatic N) is 1. The van der Waals surface area contributed by atoms with Crippen LogP contribution in [0.4, 0.5) is 5.69 Å². The Morgan fingerprint density at radius 1 is 0.862 bits per heavy atom. The molecular formula is C24H19BrN2O2. The monoisotopic (exact) mass is 446 g/mol. The van der Waals surface area contributed by atoms with Crippen molar-refractivity contribution in [3.63, 3.8) is 0 Å². The third kappa shape index (κ3) is 4.00. The van der Waals surface area contributed by atoms with Crippen LogP contribution in [0.15, 0.2) is 89.0 Å². The van der Waals surface area contributed by atoms with E-state index in [1.807, 2.05) is 85.8 Å². The number of hydrogen-bond donors (Lipinski definition) is 1. The molecule has 2 amide bonds. The van der Waals surface area contributed by atoms with Gasteiger partial charge in [-0.15, -0.1) is 0 Å². The van der Waals surface area contributed by atoms with Gasteiger partial charge in [0.15, 0.2) is 0 Å². The van der Waals surface area contributed by atoms with Gasteiger partial charge >= 0.3 is 0 Å². The molecule has 0 bridgehead atoms. The molecule has 1 aliphatic rings. The zero-order valence-electron chi connectivity index (χ0n) is 15.9. The number of rotatable bonds is 5. The van der Waals surface area contributed by atoms with Crippen molar-refractivity contribution in [2.45, 2.75) is 13.5 Å². The molecule has 1 heterocycles. The highest BCUT2D eigenvalue weighted by atomic mass is 79.9. The maximum atomic E-state index is 13.3. The van der Waals surface area contributed by atoms with Crippen LogP contribution >= 0.6 is 15.9 Å². The zero-order chi connectivity index (χ0) is 20.4. The molecule has 3 aromatic rings. The Labute approximate surface area is 178 Å². The Morgan fingerprint density at radius 3 is 2.28 bits per heavy atom. The number of benzene rings is 3. The fourth-order valence-corrected chi connectivity index (χ4v) is 3.70. The first kappa shape index (κ1) is 19.2. The van der Waals surface area contributed by atoms with Gasteiger partial charge in [-0.25, -0.2) is 0 Å². The van der Waals surface area contributed by atoms with Gasteiger partial charge in [0.25, 0.3) is 11.8 Å². The quantitative estimate of drug-likeness (QED) is 0.551. The van der Waals surface area contributed by atoms with Gasteiger partial charge in [0.1, 0.15) is 5.70 Å². The molecule has 0 aromatic heterocycles. The van der Waals surface area contributed by atoms with E-state index in [0.717, 1.165) is 26.9 Å². The van der Waals surface area contributed by atoms with Gasteiger partial charge in [-0.1, -0.05) is 82.2 Å². The fraction of sp³-hybridized carbons (Fsp3) is 0.0833. The van der Waals surface area contributed by atoms with Crippen molar-refractivity contribution in [3.8, 4) is 0 Å². The third-order valence-electron chi connectivity index (χ3n) is 4.79. The van der Waals surface area contributed by atoms with Crippen LogP contribution in [0.5, 0.6) is 0 Å².